The van der Waals surface area contributed by atoms with Crippen LogP contribution in [0.3, 0.4) is 0 Å². The minimum absolute atomic E-state index is 0.912. The zero-order chi connectivity index (χ0) is 11.2. The molecular formula is C11H17N5. The monoisotopic (exact) mass is 219 g/mol. The van der Waals surface area contributed by atoms with Gasteiger partial charge < -0.3 is 5.32 Å². The Labute approximate surface area is 95.1 Å². The van der Waals surface area contributed by atoms with Crippen molar-refractivity contribution in [3.05, 3.63) is 36.4 Å². The number of nitrogens with zero attached hydrogens (tertiary/aromatic N) is 4. The number of hydrogen-bond acceptors (Lipinski definition) is 3. The van der Waals surface area contributed by atoms with E-state index >= 15 is 0 Å². The Hall–Kier alpha value is -1.62. The average molecular weight is 219 g/mol. The van der Waals surface area contributed by atoms with Gasteiger partial charge in [0.05, 0.1) is 12.2 Å². The molecule has 0 aliphatic carbocycles. The molecule has 0 fully saturated rings. The molecule has 2 aromatic rings. The molecule has 0 saturated carbocycles. The van der Waals surface area contributed by atoms with Crippen LogP contribution in [0.5, 0.6) is 0 Å². The summed E-state index contributed by atoms with van der Waals surface area (Å²) in [5.74, 6) is 0. The molecule has 0 radical (unpaired) electrons. The van der Waals surface area contributed by atoms with E-state index in [9.17, 15) is 0 Å². The highest BCUT2D eigenvalue weighted by Crippen LogP contribution is 1.93. The molecule has 0 amide bonds. The quantitative estimate of drug-likeness (QED) is 0.718. The van der Waals surface area contributed by atoms with Crippen LogP contribution >= 0.6 is 0 Å². The summed E-state index contributed by atoms with van der Waals surface area (Å²) in [6, 6.07) is 3.99. The van der Waals surface area contributed by atoms with Gasteiger partial charge in [0.25, 0.3) is 0 Å². The molecule has 5 nitrogen and oxygen atoms in total. The molecule has 0 aliphatic heterocycles. The second-order valence-electron chi connectivity index (χ2n) is 3.75. The molecule has 86 valence electrons. The molecule has 0 unspecified atom stereocenters. The first-order valence-electron chi connectivity index (χ1n) is 5.51. The van der Waals surface area contributed by atoms with E-state index in [-0.39, 0.29) is 0 Å². The lowest BCUT2D eigenvalue weighted by atomic mass is 10.3. The minimum Gasteiger partial charge on any atom is -0.315 e. The van der Waals surface area contributed by atoms with Gasteiger partial charge in [-0.2, -0.15) is 10.2 Å². The molecule has 0 saturated heterocycles. The van der Waals surface area contributed by atoms with Crippen molar-refractivity contribution in [2.24, 2.45) is 7.05 Å². The third-order valence-corrected chi connectivity index (χ3v) is 2.40. The lowest BCUT2D eigenvalue weighted by Gasteiger charge is -2.03. The zero-order valence-electron chi connectivity index (χ0n) is 9.50. The van der Waals surface area contributed by atoms with Gasteiger partial charge in [-0.15, -0.1) is 0 Å². The molecule has 5 heteroatoms. The van der Waals surface area contributed by atoms with E-state index in [1.807, 2.05) is 34.9 Å². The third-order valence-electron chi connectivity index (χ3n) is 2.40. The number of rotatable bonds is 6. The fourth-order valence-electron chi connectivity index (χ4n) is 1.56. The van der Waals surface area contributed by atoms with Crippen molar-refractivity contribution in [3.8, 4) is 0 Å². The van der Waals surface area contributed by atoms with E-state index in [1.54, 1.807) is 6.20 Å². The summed E-state index contributed by atoms with van der Waals surface area (Å²) < 4.78 is 3.76. The Balaban J connectivity index is 1.59. The summed E-state index contributed by atoms with van der Waals surface area (Å²) in [4.78, 5) is 0. The van der Waals surface area contributed by atoms with Gasteiger partial charge in [0.1, 0.15) is 0 Å². The molecule has 2 rings (SSSR count). The predicted molar refractivity (Wildman–Crippen MR) is 62.0 cm³/mol. The molecule has 2 aromatic heterocycles. The molecule has 0 spiro atoms. The standard InChI is InChI=1S/C11H17N5/c1-15-9-4-11(14-15)3-6-12-7-10-16-8-2-5-13-16/h2,4-5,8-9,12H,3,6-7,10H2,1H3. The SMILES string of the molecule is Cn1ccc(CCNCCn2cccn2)n1. The summed E-state index contributed by atoms with van der Waals surface area (Å²) >= 11 is 0. The smallest absolute Gasteiger partial charge is 0.0637 e. The second-order valence-corrected chi connectivity index (χ2v) is 3.75. The molecule has 16 heavy (non-hydrogen) atoms. The summed E-state index contributed by atoms with van der Waals surface area (Å²) in [6.07, 6.45) is 6.72. The Kier molecular flexibility index (Phi) is 3.71. The molecule has 1 N–H and O–H groups in total. The molecule has 0 aromatic carbocycles. The highest BCUT2D eigenvalue weighted by atomic mass is 15.3. The van der Waals surface area contributed by atoms with Gasteiger partial charge in [-0.05, 0) is 12.1 Å². The van der Waals surface area contributed by atoms with Crippen LogP contribution in [0.4, 0.5) is 0 Å². The zero-order valence-corrected chi connectivity index (χ0v) is 9.50. The van der Waals surface area contributed by atoms with Crippen LogP contribution in [0, 0.1) is 0 Å². The van der Waals surface area contributed by atoms with Crippen LogP contribution in [0.1, 0.15) is 5.69 Å². The van der Waals surface area contributed by atoms with Crippen LogP contribution in [0.15, 0.2) is 30.7 Å². The first-order valence-corrected chi connectivity index (χ1v) is 5.51. The second kappa shape index (κ2) is 5.46. The Morgan fingerprint density at radius 1 is 1.31 bits per heavy atom. The number of aryl methyl sites for hydroxylation is 1. The summed E-state index contributed by atoms with van der Waals surface area (Å²) in [5.41, 5.74) is 1.13. The Morgan fingerprint density at radius 3 is 2.94 bits per heavy atom. The van der Waals surface area contributed by atoms with Crippen molar-refractivity contribution in [1.29, 1.82) is 0 Å². The van der Waals surface area contributed by atoms with Gasteiger partial charge in [0.15, 0.2) is 0 Å². The normalized spacial score (nSPS) is 10.8. The lowest BCUT2D eigenvalue weighted by Crippen LogP contribution is -2.22. The molecular weight excluding hydrogens is 202 g/mol. The molecule has 0 aliphatic rings. The van der Waals surface area contributed by atoms with Gasteiger partial charge in [0.2, 0.25) is 0 Å². The Bertz CT molecular complexity index is 404. The van der Waals surface area contributed by atoms with Gasteiger partial charge in [-0.3, -0.25) is 9.36 Å². The van der Waals surface area contributed by atoms with E-state index in [2.05, 4.69) is 21.6 Å². The van der Waals surface area contributed by atoms with Crippen LogP contribution in [-0.4, -0.2) is 32.7 Å². The highest BCUT2D eigenvalue weighted by molar-refractivity contribution is 4.98. The number of nitrogens with one attached hydrogen (secondary N) is 1. The number of aromatic nitrogens is 4. The molecule has 0 atom stereocenters. The Morgan fingerprint density at radius 2 is 2.25 bits per heavy atom. The van der Waals surface area contributed by atoms with Crippen molar-refractivity contribution < 1.29 is 0 Å². The van der Waals surface area contributed by atoms with E-state index in [0.29, 0.717) is 0 Å². The van der Waals surface area contributed by atoms with E-state index in [4.69, 9.17) is 0 Å². The largest absolute Gasteiger partial charge is 0.315 e. The predicted octanol–water partition coefficient (Wildman–Crippen LogP) is 0.449. The van der Waals surface area contributed by atoms with Crippen molar-refractivity contribution in [1.82, 2.24) is 24.9 Å². The van der Waals surface area contributed by atoms with E-state index in [0.717, 1.165) is 31.7 Å². The van der Waals surface area contributed by atoms with Crippen molar-refractivity contribution >= 4 is 0 Å². The highest BCUT2D eigenvalue weighted by Gasteiger charge is 1.96. The number of hydrogen-bond donors (Lipinski definition) is 1. The lowest BCUT2D eigenvalue weighted by molar-refractivity contribution is 0.554. The molecule has 2 heterocycles. The van der Waals surface area contributed by atoms with Gasteiger partial charge in [-0.25, -0.2) is 0 Å². The van der Waals surface area contributed by atoms with Crippen LogP contribution in [0.2, 0.25) is 0 Å². The summed E-state index contributed by atoms with van der Waals surface area (Å²) in [5, 5.41) is 11.8. The molecule has 0 bridgehead atoms. The first kappa shape index (κ1) is 10.9. The topological polar surface area (TPSA) is 47.7 Å². The van der Waals surface area contributed by atoms with Gasteiger partial charge in [-0.1, -0.05) is 0 Å². The maximum Gasteiger partial charge on any atom is 0.0637 e. The minimum atomic E-state index is 0.912. The van der Waals surface area contributed by atoms with Crippen LogP contribution < -0.4 is 5.32 Å². The van der Waals surface area contributed by atoms with Crippen molar-refractivity contribution in [2.45, 2.75) is 13.0 Å². The maximum absolute atomic E-state index is 4.32. The fourth-order valence-corrected chi connectivity index (χ4v) is 1.56. The van der Waals surface area contributed by atoms with Crippen molar-refractivity contribution in [2.75, 3.05) is 13.1 Å². The maximum atomic E-state index is 4.32. The van der Waals surface area contributed by atoms with E-state index in [1.165, 1.54) is 0 Å². The third kappa shape index (κ3) is 3.20. The fraction of sp³-hybridized carbons (Fsp3) is 0.455. The van der Waals surface area contributed by atoms with Crippen LogP contribution in [0.25, 0.3) is 0 Å². The van der Waals surface area contributed by atoms with Crippen molar-refractivity contribution in [3.63, 3.8) is 0 Å². The van der Waals surface area contributed by atoms with E-state index < -0.39 is 0 Å². The van der Waals surface area contributed by atoms with Crippen LogP contribution in [-0.2, 0) is 20.0 Å². The average Bonchev–Trinajstić information content (AvgIpc) is 2.89. The summed E-state index contributed by atoms with van der Waals surface area (Å²) in [6.45, 7) is 2.81. The summed E-state index contributed by atoms with van der Waals surface area (Å²) in [7, 11) is 1.94. The first-order chi connectivity index (χ1) is 7.84. The van der Waals surface area contributed by atoms with Gasteiger partial charge >= 0.3 is 0 Å². The van der Waals surface area contributed by atoms with Gasteiger partial charge in [0, 0.05) is 45.1 Å².